The Labute approximate surface area is 188 Å². The fourth-order valence-electron chi connectivity index (χ4n) is 3.42. The second kappa shape index (κ2) is 11.6. The van der Waals surface area contributed by atoms with Crippen LogP contribution in [0.2, 0.25) is 0 Å². The van der Waals surface area contributed by atoms with E-state index in [1.807, 2.05) is 24.3 Å². The molecule has 1 amide bonds. The first-order valence-corrected chi connectivity index (χ1v) is 10.7. The molecule has 0 spiro atoms. The summed E-state index contributed by atoms with van der Waals surface area (Å²) in [7, 11) is 1.21. The Bertz CT molecular complexity index is 916. The fourth-order valence-corrected chi connectivity index (χ4v) is 3.42. The zero-order valence-electron chi connectivity index (χ0n) is 18.5. The van der Waals surface area contributed by atoms with Crippen LogP contribution in [0.1, 0.15) is 34.0 Å². The van der Waals surface area contributed by atoms with Crippen LogP contribution in [-0.2, 0) is 20.8 Å². The Hall–Kier alpha value is -3.00. The van der Waals surface area contributed by atoms with Gasteiger partial charge in [-0.05, 0) is 35.7 Å². The number of morpholine rings is 1. The van der Waals surface area contributed by atoms with Gasteiger partial charge in [-0.2, -0.15) is 0 Å². The van der Waals surface area contributed by atoms with Crippen LogP contribution in [0.3, 0.4) is 0 Å². The van der Waals surface area contributed by atoms with Crippen LogP contribution in [0.5, 0.6) is 0 Å². The van der Waals surface area contributed by atoms with E-state index in [0.29, 0.717) is 5.56 Å². The van der Waals surface area contributed by atoms with E-state index in [1.165, 1.54) is 19.6 Å². The molecule has 0 aliphatic carbocycles. The molecule has 2 N–H and O–H groups in total. The van der Waals surface area contributed by atoms with Gasteiger partial charge in [0.25, 0.3) is 5.91 Å². The molecule has 170 valence electrons. The fraction of sp³-hybridized carbons (Fsp3) is 0.360. The topological polar surface area (TPSA) is 88.1 Å². The molecule has 1 saturated heterocycles. The number of rotatable bonds is 8. The molecule has 0 radical (unpaired) electrons. The third-order valence-electron chi connectivity index (χ3n) is 5.35. The monoisotopic (exact) mass is 438 g/mol. The van der Waals surface area contributed by atoms with E-state index in [4.69, 9.17) is 4.74 Å². The third-order valence-corrected chi connectivity index (χ3v) is 5.35. The van der Waals surface area contributed by atoms with Crippen LogP contribution in [0, 0.1) is 0 Å². The van der Waals surface area contributed by atoms with E-state index in [-0.39, 0.29) is 0 Å². The van der Waals surface area contributed by atoms with E-state index in [0.717, 1.165) is 44.0 Å². The van der Waals surface area contributed by atoms with Crippen molar-refractivity contribution in [2.45, 2.75) is 25.6 Å². The molecule has 3 rings (SSSR count). The van der Waals surface area contributed by atoms with Gasteiger partial charge >= 0.3 is 5.97 Å². The summed E-state index contributed by atoms with van der Waals surface area (Å²) in [5.41, 5.74) is 3.71. The Balaban J connectivity index is 1.56. The molecule has 32 heavy (non-hydrogen) atoms. The number of carbonyl (C=O) groups is 2. The quantitative estimate of drug-likeness (QED) is 0.486. The number of amides is 1. The predicted molar refractivity (Wildman–Crippen MR) is 123 cm³/mol. The second-order valence-electron chi connectivity index (χ2n) is 7.80. The van der Waals surface area contributed by atoms with Crippen LogP contribution < -0.4 is 5.32 Å². The van der Waals surface area contributed by atoms with Crippen molar-refractivity contribution in [3.05, 3.63) is 70.8 Å². The maximum atomic E-state index is 12.4. The van der Waals surface area contributed by atoms with Gasteiger partial charge in [0.05, 0.1) is 26.4 Å². The predicted octanol–water partition coefficient (Wildman–Crippen LogP) is 2.34. The van der Waals surface area contributed by atoms with E-state index < -0.39 is 24.0 Å². The van der Waals surface area contributed by atoms with Crippen molar-refractivity contribution in [2.75, 3.05) is 33.4 Å². The normalized spacial score (nSPS) is 16.5. The van der Waals surface area contributed by atoms with E-state index >= 15 is 0 Å². The average molecular weight is 439 g/mol. The van der Waals surface area contributed by atoms with E-state index in [9.17, 15) is 14.7 Å². The SMILES string of the molecule is COC(=O)[C@@H](NC(=O)c1ccc(/C=C/c2ccc(CN3CCOCC3)cc2)cc1)[C@@H](C)O. The molecule has 7 heteroatoms. The zero-order valence-corrected chi connectivity index (χ0v) is 18.5. The molecule has 2 aromatic rings. The van der Waals surface area contributed by atoms with Crippen molar-refractivity contribution in [2.24, 2.45) is 0 Å². The highest BCUT2D eigenvalue weighted by atomic mass is 16.5. The van der Waals surface area contributed by atoms with Crippen molar-refractivity contribution in [1.82, 2.24) is 10.2 Å². The van der Waals surface area contributed by atoms with Gasteiger partial charge < -0.3 is 19.9 Å². The van der Waals surface area contributed by atoms with Crippen LogP contribution in [0.15, 0.2) is 48.5 Å². The molecule has 0 aromatic heterocycles. The van der Waals surface area contributed by atoms with E-state index in [2.05, 4.69) is 39.2 Å². The number of benzene rings is 2. The number of hydrogen-bond acceptors (Lipinski definition) is 6. The maximum Gasteiger partial charge on any atom is 0.331 e. The Morgan fingerprint density at radius 3 is 2.16 bits per heavy atom. The Morgan fingerprint density at radius 1 is 1.06 bits per heavy atom. The highest BCUT2D eigenvalue weighted by Crippen LogP contribution is 2.13. The standard InChI is InChI=1S/C25H30N2O5/c1-18(28)23(25(30)31-2)26-24(29)22-11-9-20(10-12-22)4-3-19-5-7-21(8-6-19)17-27-13-15-32-16-14-27/h3-12,18,23,28H,13-17H2,1-2H3,(H,26,29)/b4-3+/t18-,23+/m1/s1. The lowest BCUT2D eigenvalue weighted by Crippen LogP contribution is -2.48. The van der Waals surface area contributed by atoms with Crippen molar-refractivity contribution < 1.29 is 24.2 Å². The van der Waals surface area contributed by atoms with Gasteiger partial charge in [0.1, 0.15) is 0 Å². The highest BCUT2D eigenvalue weighted by molar-refractivity contribution is 5.97. The third kappa shape index (κ3) is 6.75. The second-order valence-corrected chi connectivity index (χ2v) is 7.80. The first kappa shape index (κ1) is 23.7. The zero-order chi connectivity index (χ0) is 22.9. The molecule has 1 aliphatic heterocycles. The number of nitrogens with zero attached hydrogens (tertiary/aromatic N) is 1. The number of aliphatic hydroxyl groups is 1. The van der Waals surface area contributed by atoms with Gasteiger partial charge in [0.2, 0.25) is 0 Å². The van der Waals surface area contributed by atoms with Gasteiger partial charge in [-0.25, -0.2) is 4.79 Å². The number of nitrogens with one attached hydrogen (secondary N) is 1. The maximum absolute atomic E-state index is 12.4. The minimum atomic E-state index is -1.11. The number of carbonyl (C=O) groups excluding carboxylic acids is 2. The summed E-state index contributed by atoms with van der Waals surface area (Å²) in [4.78, 5) is 26.5. The highest BCUT2D eigenvalue weighted by Gasteiger charge is 2.26. The summed E-state index contributed by atoms with van der Waals surface area (Å²) >= 11 is 0. The summed E-state index contributed by atoms with van der Waals surface area (Å²) in [5.74, 6) is -1.14. The summed E-state index contributed by atoms with van der Waals surface area (Å²) in [5, 5.41) is 12.2. The molecule has 0 saturated carbocycles. The van der Waals surface area contributed by atoms with Crippen molar-refractivity contribution in [3.63, 3.8) is 0 Å². The number of methoxy groups -OCH3 is 1. The molecule has 1 aliphatic rings. The molecule has 2 aromatic carbocycles. The smallest absolute Gasteiger partial charge is 0.331 e. The number of ether oxygens (including phenoxy) is 2. The van der Waals surface area contributed by atoms with Gasteiger partial charge in [-0.3, -0.25) is 9.69 Å². The van der Waals surface area contributed by atoms with Crippen LogP contribution >= 0.6 is 0 Å². The first-order chi connectivity index (χ1) is 15.5. The number of aliphatic hydroxyl groups excluding tert-OH is 1. The first-order valence-electron chi connectivity index (χ1n) is 10.7. The summed E-state index contributed by atoms with van der Waals surface area (Å²) < 4.78 is 10.0. The molecule has 2 atom stereocenters. The molecule has 1 fully saturated rings. The Morgan fingerprint density at radius 2 is 1.62 bits per heavy atom. The van der Waals surface area contributed by atoms with Gasteiger partial charge in [-0.1, -0.05) is 48.6 Å². The van der Waals surface area contributed by atoms with Crippen LogP contribution in [0.25, 0.3) is 12.2 Å². The lowest BCUT2D eigenvalue weighted by molar-refractivity contribution is -0.145. The minimum absolute atomic E-state index is 0.393. The lowest BCUT2D eigenvalue weighted by atomic mass is 10.1. The van der Waals surface area contributed by atoms with Crippen molar-refractivity contribution >= 4 is 24.0 Å². The molecular weight excluding hydrogens is 408 g/mol. The minimum Gasteiger partial charge on any atom is -0.467 e. The number of esters is 1. The number of hydrogen-bond donors (Lipinski definition) is 2. The summed E-state index contributed by atoms with van der Waals surface area (Å²) in [6.45, 7) is 5.89. The summed E-state index contributed by atoms with van der Waals surface area (Å²) in [6, 6.07) is 14.4. The lowest BCUT2D eigenvalue weighted by Gasteiger charge is -2.26. The van der Waals surface area contributed by atoms with E-state index in [1.54, 1.807) is 12.1 Å². The van der Waals surface area contributed by atoms with Crippen molar-refractivity contribution in [3.8, 4) is 0 Å². The van der Waals surface area contributed by atoms with Crippen LogP contribution in [-0.4, -0.2) is 67.4 Å². The van der Waals surface area contributed by atoms with Crippen LogP contribution in [0.4, 0.5) is 0 Å². The molecular formula is C25H30N2O5. The largest absolute Gasteiger partial charge is 0.467 e. The summed E-state index contributed by atoms with van der Waals surface area (Å²) in [6.07, 6.45) is 2.94. The van der Waals surface area contributed by atoms with Crippen molar-refractivity contribution in [1.29, 1.82) is 0 Å². The molecule has 1 heterocycles. The Kier molecular flexibility index (Phi) is 8.56. The molecule has 7 nitrogen and oxygen atoms in total. The molecule has 0 bridgehead atoms. The van der Waals surface area contributed by atoms with Gasteiger partial charge in [-0.15, -0.1) is 0 Å². The van der Waals surface area contributed by atoms with Gasteiger partial charge in [0.15, 0.2) is 6.04 Å². The molecule has 0 unspecified atom stereocenters. The average Bonchev–Trinajstić information content (AvgIpc) is 2.82. The van der Waals surface area contributed by atoms with Gasteiger partial charge in [0, 0.05) is 25.2 Å².